The first-order valence-corrected chi connectivity index (χ1v) is 8.18. The van der Waals surface area contributed by atoms with Crippen molar-refractivity contribution in [3.63, 3.8) is 0 Å². The van der Waals surface area contributed by atoms with E-state index in [9.17, 15) is 4.79 Å². The van der Waals surface area contributed by atoms with E-state index in [4.69, 9.17) is 0 Å². The number of hydrogen-bond donors (Lipinski definition) is 1. The van der Waals surface area contributed by atoms with Crippen molar-refractivity contribution in [1.82, 2.24) is 4.57 Å². The van der Waals surface area contributed by atoms with Crippen molar-refractivity contribution < 1.29 is 0 Å². The molecule has 0 unspecified atom stereocenters. The monoisotopic (exact) mass is 317 g/mol. The van der Waals surface area contributed by atoms with Crippen molar-refractivity contribution in [2.75, 3.05) is 11.9 Å². The average Bonchev–Trinajstić information content (AvgIpc) is 2.75. The summed E-state index contributed by atoms with van der Waals surface area (Å²) in [4.78, 5) is 17.9. The second kappa shape index (κ2) is 5.64. The van der Waals surface area contributed by atoms with E-state index in [1.165, 1.54) is 0 Å². The summed E-state index contributed by atoms with van der Waals surface area (Å²) in [6, 6.07) is 18.0. The lowest BCUT2D eigenvalue weighted by Crippen LogP contribution is -2.27. The van der Waals surface area contributed by atoms with Crippen molar-refractivity contribution in [2.45, 2.75) is 19.9 Å². The van der Waals surface area contributed by atoms with Crippen LogP contribution in [0.4, 0.5) is 5.69 Å². The molecule has 3 aromatic rings. The van der Waals surface area contributed by atoms with E-state index in [1.54, 1.807) is 4.57 Å². The molecule has 2 aromatic carbocycles. The van der Waals surface area contributed by atoms with E-state index in [-0.39, 0.29) is 11.6 Å². The standard InChI is InChI=1S/C20H19N3O/c1-13-12-21-14(2)18-19(22-13)16-10-6-7-11-17(16)23(20(18)24)15-8-4-3-5-9-15/h3-11,13,22H,12H2,1-2H3/t13-/m0/s1. The number of para-hydroxylation sites is 2. The third-order valence-electron chi connectivity index (χ3n) is 4.45. The number of aliphatic imine (C=N–C) groups is 1. The summed E-state index contributed by atoms with van der Waals surface area (Å²) in [6.07, 6.45) is 0. The highest BCUT2D eigenvalue weighted by Gasteiger charge is 2.22. The van der Waals surface area contributed by atoms with Crippen LogP contribution in [0.25, 0.3) is 16.6 Å². The average molecular weight is 317 g/mol. The first kappa shape index (κ1) is 14.7. The molecule has 24 heavy (non-hydrogen) atoms. The highest BCUT2D eigenvalue weighted by molar-refractivity contribution is 6.10. The molecular weight excluding hydrogens is 298 g/mol. The maximum absolute atomic E-state index is 13.3. The van der Waals surface area contributed by atoms with Gasteiger partial charge in [-0.2, -0.15) is 0 Å². The Labute approximate surface area is 140 Å². The largest absolute Gasteiger partial charge is 0.379 e. The molecule has 1 aliphatic rings. The third-order valence-corrected chi connectivity index (χ3v) is 4.45. The Kier molecular flexibility index (Phi) is 3.45. The molecule has 2 heterocycles. The van der Waals surface area contributed by atoms with Crippen molar-refractivity contribution in [2.24, 2.45) is 4.99 Å². The molecule has 4 nitrogen and oxygen atoms in total. The summed E-state index contributed by atoms with van der Waals surface area (Å²) in [5.74, 6) is 0. The van der Waals surface area contributed by atoms with E-state index in [0.29, 0.717) is 12.1 Å². The zero-order valence-corrected chi connectivity index (χ0v) is 13.8. The summed E-state index contributed by atoms with van der Waals surface area (Å²) in [5, 5.41) is 4.53. The van der Waals surface area contributed by atoms with Gasteiger partial charge in [0, 0.05) is 22.8 Å². The highest BCUT2D eigenvalue weighted by Crippen LogP contribution is 2.29. The molecule has 0 aliphatic carbocycles. The Balaban J connectivity index is 2.18. The Morgan fingerprint density at radius 2 is 1.79 bits per heavy atom. The molecule has 1 aromatic heterocycles. The van der Waals surface area contributed by atoms with E-state index < -0.39 is 0 Å². The number of nitrogens with zero attached hydrogens (tertiary/aromatic N) is 2. The quantitative estimate of drug-likeness (QED) is 0.745. The Hall–Kier alpha value is -2.88. The van der Waals surface area contributed by atoms with Crippen LogP contribution in [-0.4, -0.2) is 22.9 Å². The summed E-state index contributed by atoms with van der Waals surface area (Å²) >= 11 is 0. The van der Waals surface area contributed by atoms with Gasteiger partial charge in [-0.3, -0.25) is 14.4 Å². The molecule has 120 valence electrons. The second-order valence-corrected chi connectivity index (χ2v) is 6.21. The minimum atomic E-state index is -0.0299. The van der Waals surface area contributed by atoms with E-state index in [1.807, 2.05) is 55.5 Å². The van der Waals surface area contributed by atoms with Crippen LogP contribution < -0.4 is 10.9 Å². The summed E-state index contributed by atoms with van der Waals surface area (Å²) < 4.78 is 1.78. The maximum atomic E-state index is 13.3. The molecule has 1 aliphatic heterocycles. The van der Waals surface area contributed by atoms with Gasteiger partial charge < -0.3 is 5.32 Å². The highest BCUT2D eigenvalue weighted by atomic mass is 16.1. The van der Waals surface area contributed by atoms with Crippen LogP contribution in [0.15, 0.2) is 64.4 Å². The third kappa shape index (κ3) is 2.22. The molecule has 0 spiro atoms. The SMILES string of the molecule is CC1=NC[C@H](C)Nc2c1c(=O)n(-c1ccccc1)c1ccccc21. The molecule has 0 saturated heterocycles. The summed E-state index contributed by atoms with van der Waals surface area (Å²) in [5.41, 5.74) is 4.10. The smallest absolute Gasteiger partial charge is 0.266 e. The van der Waals surface area contributed by atoms with Gasteiger partial charge in [0.25, 0.3) is 5.56 Å². The fourth-order valence-corrected chi connectivity index (χ4v) is 3.31. The van der Waals surface area contributed by atoms with Crippen LogP contribution in [0.2, 0.25) is 0 Å². The lowest BCUT2D eigenvalue weighted by atomic mass is 10.0. The normalized spacial score (nSPS) is 16.9. The molecule has 1 N–H and O–H groups in total. The van der Waals surface area contributed by atoms with Crippen LogP contribution in [-0.2, 0) is 0 Å². The fourth-order valence-electron chi connectivity index (χ4n) is 3.31. The van der Waals surface area contributed by atoms with Gasteiger partial charge in [-0.25, -0.2) is 0 Å². The Morgan fingerprint density at radius 1 is 1.08 bits per heavy atom. The Morgan fingerprint density at radius 3 is 2.58 bits per heavy atom. The molecule has 0 radical (unpaired) electrons. The van der Waals surface area contributed by atoms with Crippen molar-refractivity contribution in [3.05, 3.63) is 70.5 Å². The molecule has 4 rings (SSSR count). The van der Waals surface area contributed by atoms with Crippen LogP contribution in [0.5, 0.6) is 0 Å². The number of aromatic nitrogens is 1. The molecule has 0 fully saturated rings. The predicted molar refractivity (Wildman–Crippen MR) is 99.7 cm³/mol. The predicted octanol–water partition coefficient (Wildman–Crippen LogP) is 3.61. The van der Waals surface area contributed by atoms with Gasteiger partial charge in [-0.05, 0) is 32.0 Å². The van der Waals surface area contributed by atoms with Crippen LogP contribution in [0.3, 0.4) is 0 Å². The lowest BCUT2D eigenvalue weighted by Gasteiger charge is -2.19. The van der Waals surface area contributed by atoms with Gasteiger partial charge in [0.2, 0.25) is 0 Å². The zero-order valence-electron chi connectivity index (χ0n) is 13.8. The zero-order chi connectivity index (χ0) is 16.7. The molecule has 0 saturated carbocycles. The van der Waals surface area contributed by atoms with Crippen LogP contribution in [0.1, 0.15) is 19.4 Å². The van der Waals surface area contributed by atoms with Gasteiger partial charge in [-0.15, -0.1) is 0 Å². The lowest BCUT2D eigenvalue weighted by molar-refractivity contribution is 0.812. The van der Waals surface area contributed by atoms with Crippen LogP contribution in [0, 0.1) is 0 Å². The van der Waals surface area contributed by atoms with Gasteiger partial charge >= 0.3 is 0 Å². The van der Waals surface area contributed by atoms with Gasteiger partial charge in [0.05, 0.1) is 23.3 Å². The van der Waals surface area contributed by atoms with Gasteiger partial charge in [0.1, 0.15) is 0 Å². The molecule has 4 heteroatoms. The van der Waals surface area contributed by atoms with Crippen LogP contribution >= 0.6 is 0 Å². The maximum Gasteiger partial charge on any atom is 0.266 e. The van der Waals surface area contributed by atoms with Crippen molar-refractivity contribution in [1.29, 1.82) is 0 Å². The van der Waals surface area contributed by atoms with E-state index in [0.717, 1.165) is 28.0 Å². The molecular formula is C20H19N3O. The number of benzene rings is 2. The number of hydrogen-bond acceptors (Lipinski definition) is 3. The minimum Gasteiger partial charge on any atom is -0.379 e. The number of pyridine rings is 1. The summed E-state index contributed by atoms with van der Waals surface area (Å²) in [6.45, 7) is 4.67. The number of anilines is 1. The van der Waals surface area contributed by atoms with Gasteiger partial charge in [-0.1, -0.05) is 36.4 Å². The number of rotatable bonds is 1. The van der Waals surface area contributed by atoms with Crippen molar-refractivity contribution in [3.8, 4) is 5.69 Å². The second-order valence-electron chi connectivity index (χ2n) is 6.21. The number of fused-ring (bicyclic) bond motifs is 3. The first-order valence-electron chi connectivity index (χ1n) is 8.18. The van der Waals surface area contributed by atoms with Gasteiger partial charge in [0.15, 0.2) is 0 Å². The molecule has 0 amide bonds. The first-order chi connectivity index (χ1) is 11.7. The molecule has 0 bridgehead atoms. The van der Waals surface area contributed by atoms with Crippen molar-refractivity contribution >= 4 is 22.3 Å². The topological polar surface area (TPSA) is 46.4 Å². The summed E-state index contributed by atoms with van der Waals surface area (Å²) in [7, 11) is 0. The Bertz CT molecular complexity index is 1000. The van der Waals surface area contributed by atoms with E-state index in [2.05, 4.69) is 23.3 Å². The minimum absolute atomic E-state index is 0.0299. The fraction of sp³-hybridized carbons (Fsp3) is 0.200. The van der Waals surface area contributed by atoms with E-state index >= 15 is 0 Å². The number of nitrogens with one attached hydrogen (secondary N) is 1. The molecule has 1 atom stereocenters.